The molecule has 0 bridgehead atoms. The van der Waals surface area contributed by atoms with Crippen LogP contribution in [0.5, 0.6) is 17.4 Å². The number of aromatic nitrogens is 1. The molecule has 4 nitrogen and oxygen atoms in total. The summed E-state index contributed by atoms with van der Waals surface area (Å²) in [6.45, 7) is 6.80. The molecule has 0 aliphatic rings. The molecule has 0 spiro atoms. The van der Waals surface area contributed by atoms with E-state index in [2.05, 4.69) is 25.8 Å². The highest BCUT2D eigenvalue weighted by Crippen LogP contribution is 2.36. The molecule has 0 atom stereocenters. The first-order valence-corrected chi connectivity index (χ1v) is 6.96. The van der Waals surface area contributed by atoms with Gasteiger partial charge in [-0.3, -0.25) is 0 Å². The first-order chi connectivity index (χ1) is 9.95. The monoisotopic (exact) mass is 286 g/mol. The van der Waals surface area contributed by atoms with Gasteiger partial charge in [0.15, 0.2) is 0 Å². The molecule has 1 aromatic heterocycles. The third-order valence-corrected chi connectivity index (χ3v) is 3.27. The van der Waals surface area contributed by atoms with Crippen molar-refractivity contribution >= 4 is 0 Å². The van der Waals surface area contributed by atoms with E-state index in [0.29, 0.717) is 12.4 Å². The fourth-order valence-corrected chi connectivity index (χ4v) is 2.09. The molecule has 4 heteroatoms. The quantitative estimate of drug-likeness (QED) is 0.932. The van der Waals surface area contributed by atoms with Gasteiger partial charge in [0.25, 0.3) is 0 Å². The average Bonchev–Trinajstić information content (AvgIpc) is 2.47. The minimum Gasteiger partial charge on any atom is -0.497 e. The van der Waals surface area contributed by atoms with E-state index in [1.54, 1.807) is 13.3 Å². The number of nitrogens with zero attached hydrogens (tertiary/aromatic N) is 1. The van der Waals surface area contributed by atoms with Crippen molar-refractivity contribution in [3.05, 3.63) is 47.7 Å². The van der Waals surface area contributed by atoms with Crippen LogP contribution in [0.15, 0.2) is 36.5 Å². The van der Waals surface area contributed by atoms with Crippen molar-refractivity contribution in [3.63, 3.8) is 0 Å². The molecule has 0 amide bonds. The summed E-state index contributed by atoms with van der Waals surface area (Å²) in [6, 6.07) is 9.57. The Morgan fingerprint density at radius 1 is 1.19 bits per heavy atom. The zero-order valence-corrected chi connectivity index (χ0v) is 13.0. The molecule has 1 heterocycles. The Balaban J connectivity index is 2.44. The van der Waals surface area contributed by atoms with Gasteiger partial charge >= 0.3 is 0 Å². The van der Waals surface area contributed by atoms with Crippen LogP contribution in [0.2, 0.25) is 0 Å². The minimum absolute atomic E-state index is 0.0679. The highest BCUT2D eigenvalue weighted by molar-refractivity contribution is 5.46. The number of hydrogen-bond acceptors (Lipinski definition) is 4. The summed E-state index contributed by atoms with van der Waals surface area (Å²) < 4.78 is 11.3. The SMILES string of the molecule is COc1ccc(Oc2ncccc2CN)c(C(C)(C)C)c1. The molecule has 2 N–H and O–H groups in total. The summed E-state index contributed by atoms with van der Waals surface area (Å²) in [4.78, 5) is 4.28. The molecule has 0 aliphatic heterocycles. The number of rotatable bonds is 4. The van der Waals surface area contributed by atoms with E-state index >= 15 is 0 Å². The molecule has 0 radical (unpaired) electrons. The van der Waals surface area contributed by atoms with Gasteiger partial charge in [-0.2, -0.15) is 0 Å². The van der Waals surface area contributed by atoms with Crippen LogP contribution in [0, 0.1) is 0 Å². The van der Waals surface area contributed by atoms with Crippen molar-refractivity contribution in [1.29, 1.82) is 0 Å². The van der Waals surface area contributed by atoms with Crippen molar-refractivity contribution in [3.8, 4) is 17.4 Å². The molecule has 0 saturated carbocycles. The smallest absolute Gasteiger partial charge is 0.223 e. The summed E-state index contributed by atoms with van der Waals surface area (Å²) in [5, 5.41) is 0. The van der Waals surface area contributed by atoms with Crippen LogP contribution >= 0.6 is 0 Å². The number of ether oxygens (including phenoxy) is 2. The van der Waals surface area contributed by atoms with Crippen LogP contribution in [-0.4, -0.2) is 12.1 Å². The summed E-state index contributed by atoms with van der Waals surface area (Å²) in [5.41, 5.74) is 7.61. The largest absolute Gasteiger partial charge is 0.497 e. The van der Waals surface area contributed by atoms with E-state index in [1.165, 1.54) is 0 Å². The fraction of sp³-hybridized carbons (Fsp3) is 0.353. The lowest BCUT2D eigenvalue weighted by atomic mass is 9.86. The lowest BCUT2D eigenvalue weighted by Gasteiger charge is -2.23. The second-order valence-electron chi connectivity index (χ2n) is 5.89. The maximum atomic E-state index is 6.01. The van der Waals surface area contributed by atoms with E-state index < -0.39 is 0 Å². The van der Waals surface area contributed by atoms with Crippen molar-refractivity contribution in [2.24, 2.45) is 5.73 Å². The van der Waals surface area contributed by atoms with Crippen molar-refractivity contribution in [2.75, 3.05) is 7.11 Å². The number of nitrogens with two attached hydrogens (primary N) is 1. The van der Waals surface area contributed by atoms with E-state index in [-0.39, 0.29) is 5.41 Å². The average molecular weight is 286 g/mol. The lowest BCUT2D eigenvalue weighted by molar-refractivity contribution is 0.404. The van der Waals surface area contributed by atoms with Crippen LogP contribution < -0.4 is 15.2 Å². The van der Waals surface area contributed by atoms with E-state index in [9.17, 15) is 0 Å². The van der Waals surface area contributed by atoms with Crippen LogP contribution in [0.1, 0.15) is 31.9 Å². The summed E-state index contributed by atoms with van der Waals surface area (Å²) in [7, 11) is 1.66. The lowest BCUT2D eigenvalue weighted by Crippen LogP contribution is -2.13. The Labute approximate surface area is 125 Å². The van der Waals surface area contributed by atoms with Crippen LogP contribution in [-0.2, 0) is 12.0 Å². The summed E-state index contributed by atoms with van der Waals surface area (Å²) >= 11 is 0. The standard InChI is InChI=1S/C17H22N2O2/c1-17(2,3)14-10-13(20-4)7-8-15(14)21-16-12(11-18)6-5-9-19-16/h5-10H,11,18H2,1-4H3. The second-order valence-corrected chi connectivity index (χ2v) is 5.89. The molecule has 21 heavy (non-hydrogen) atoms. The zero-order valence-electron chi connectivity index (χ0n) is 13.0. The predicted octanol–water partition coefficient (Wildman–Crippen LogP) is 3.64. The van der Waals surface area contributed by atoms with Gasteiger partial charge in [0.1, 0.15) is 11.5 Å². The maximum Gasteiger partial charge on any atom is 0.223 e. The van der Waals surface area contributed by atoms with E-state index in [0.717, 1.165) is 22.6 Å². The summed E-state index contributed by atoms with van der Waals surface area (Å²) in [5.74, 6) is 2.14. The Morgan fingerprint density at radius 3 is 2.57 bits per heavy atom. The Bertz CT molecular complexity index is 618. The molecule has 2 aromatic rings. The van der Waals surface area contributed by atoms with Crippen LogP contribution in [0.25, 0.3) is 0 Å². The second kappa shape index (κ2) is 6.14. The van der Waals surface area contributed by atoms with Crippen LogP contribution in [0.3, 0.4) is 0 Å². The number of hydrogen-bond donors (Lipinski definition) is 1. The van der Waals surface area contributed by atoms with Crippen molar-refractivity contribution in [1.82, 2.24) is 4.98 Å². The van der Waals surface area contributed by atoms with E-state index in [1.807, 2.05) is 30.3 Å². The zero-order chi connectivity index (χ0) is 15.5. The van der Waals surface area contributed by atoms with Gasteiger partial charge in [0.05, 0.1) is 7.11 Å². The summed E-state index contributed by atoms with van der Waals surface area (Å²) in [6.07, 6.45) is 1.70. The first-order valence-electron chi connectivity index (χ1n) is 6.96. The molecule has 0 fully saturated rings. The fourth-order valence-electron chi connectivity index (χ4n) is 2.09. The number of pyridine rings is 1. The van der Waals surface area contributed by atoms with Crippen LogP contribution in [0.4, 0.5) is 0 Å². The van der Waals surface area contributed by atoms with Crippen molar-refractivity contribution < 1.29 is 9.47 Å². The van der Waals surface area contributed by atoms with Gasteiger partial charge in [-0.15, -0.1) is 0 Å². The highest BCUT2D eigenvalue weighted by Gasteiger charge is 2.21. The topological polar surface area (TPSA) is 57.4 Å². The Hall–Kier alpha value is -2.07. The molecule has 2 rings (SSSR count). The molecular formula is C17H22N2O2. The van der Waals surface area contributed by atoms with Crippen molar-refractivity contribution in [2.45, 2.75) is 32.7 Å². The number of methoxy groups -OCH3 is 1. The third-order valence-electron chi connectivity index (χ3n) is 3.27. The molecular weight excluding hydrogens is 264 g/mol. The van der Waals surface area contributed by atoms with Gasteiger partial charge in [-0.25, -0.2) is 4.98 Å². The molecule has 112 valence electrons. The number of benzene rings is 1. The molecule has 0 aliphatic carbocycles. The first kappa shape index (κ1) is 15.3. The predicted molar refractivity (Wildman–Crippen MR) is 83.9 cm³/mol. The minimum atomic E-state index is -0.0679. The van der Waals surface area contributed by atoms with Gasteiger partial charge in [0.2, 0.25) is 5.88 Å². The third kappa shape index (κ3) is 3.52. The maximum absolute atomic E-state index is 6.01. The van der Waals surface area contributed by atoms with Gasteiger partial charge in [0, 0.05) is 23.9 Å². The van der Waals surface area contributed by atoms with E-state index in [4.69, 9.17) is 15.2 Å². The molecule has 0 saturated heterocycles. The van der Waals surface area contributed by atoms with Gasteiger partial charge < -0.3 is 15.2 Å². The molecule has 0 unspecified atom stereocenters. The van der Waals surface area contributed by atoms with Gasteiger partial charge in [-0.05, 0) is 29.7 Å². The van der Waals surface area contributed by atoms with Gasteiger partial charge in [-0.1, -0.05) is 26.8 Å². The Morgan fingerprint density at radius 2 is 1.95 bits per heavy atom. The highest BCUT2D eigenvalue weighted by atomic mass is 16.5. The molecule has 1 aromatic carbocycles. The normalized spacial score (nSPS) is 11.3. The Kier molecular flexibility index (Phi) is 4.48.